The van der Waals surface area contributed by atoms with Crippen LogP contribution >= 0.6 is 0 Å². The van der Waals surface area contributed by atoms with E-state index in [2.05, 4.69) is 45.9 Å². The molecule has 0 saturated heterocycles. The van der Waals surface area contributed by atoms with E-state index in [4.69, 9.17) is 0 Å². The maximum atomic E-state index is 9.19. The summed E-state index contributed by atoms with van der Waals surface area (Å²) in [6.07, 6.45) is 13.2. The fourth-order valence-electron chi connectivity index (χ4n) is 1.91. The van der Waals surface area contributed by atoms with E-state index in [1.807, 2.05) is 6.92 Å². The fraction of sp³-hybridized carbons (Fsp3) is 0.667. The third-order valence-corrected chi connectivity index (χ3v) is 3.20. The number of hydrogen-bond donors (Lipinski definition) is 1. The molecule has 0 saturated carbocycles. The molecule has 0 heterocycles. The van der Waals surface area contributed by atoms with Crippen molar-refractivity contribution in [3.05, 3.63) is 34.9 Å². The zero-order valence-electron chi connectivity index (χ0n) is 13.5. The van der Waals surface area contributed by atoms with E-state index >= 15 is 0 Å². The normalized spacial score (nSPS) is 14.4. The largest absolute Gasteiger partial charge is 0.393 e. The van der Waals surface area contributed by atoms with Crippen LogP contribution in [0.4, 0.5) is 0 Å². The molecule has 19 heavy (non-hydrogen) atoms. The molecule has 0 aliphatic heterocycles. The van der Waals surface area contributed by atoms with Gasteiger partial charge in [0, 0.05) is 0 Å². The van der Waals surface area contributed by atoms with Gasteiger partial charge in [0.05, 0.1) is 6.10 Å². The van der Waals surface area contributed by atoms with E-state index < -0.39 is 0 Å². The summed E-state index contributed by atoms with van der Waals surface area (Å²) < 4.78 is 0. The molecule has 0 fully saturated rings. The van der Waals surface area contributed by atoms with Gasteiger partial charge in [-0.15, -0.1) is 0 Å². The molecule has 0 aliphatic carbocycles. The van der Waals surface area contributed by atoms with Crippen LogP contribution in [0.3, 0.4) is 0 Å². The summed E-state index contributed by atoms with van der Waals surface area (Å²) in [5.41, 5.74) is 4.34. The fourth-order valence-corrected chi connectivity index (χ4v) is 1.91. The van der Waals surface area contributed by atoms with Crippen LogP contribution in [0.2, 0.25) is 0 Å². The van der Waals surface area contributed by atoms with E-state index in [0.29, 0.717) is 0 Å². The van der Waals surface area contributed by atoms with Crippen LogP contribution in [-0.4, -0.2) is 11.2 Å². The number of aliphatic hydroxyl groups excluding tert-OH is 1. The van der Waals surface area contributed by atoms with Gasteiger partial charge in [-0.25, -0.2) is 0 Å². The van der Waals surface area contributed by atoms with Crippen LogP contribution in [0.1, 0.15) is 73.1 Å². The molecular weight excluding hydrogens is 232 g/mol. The van der Waals surface area contributed by atoms with Gasteiger partial charge in [-0.2, -0.15) is 0 Å². The maximum absolute atomic E-state index is 9.19. The third kappa shape index (κ3) is 13.4. The maximum Gasteiger partial charge on any atom is 0.0515 e. The van der Waals surface area contributed by atoms with Crippen molar-refractivity contribution in [2.45, 2.75) is 79.2 Å². The predicted molar refractivity (Wildman–Crippen MR) is 86.3 cm³/mol. The second-order valence-electron chi connectivity index (χ2n) is 5.89. The van der Waals surface area contributed by atoms with Gasteiger partial charge in [-0.05, 0) is 73.1 Å². The minimum atomic E-state index is -0.179. The Balaban J connectivity index is 3.83. The van der Waals surface area contributed by atoms with E-state index in [-0.39, 0.29) is 6.10 Å². The zero-order chi connectivity index (χ0) is 14.7. The highest BCUT2D eigenvalue weighted by Gasteiger charge is 1.94. The average Bonchev–Trinajstić information content (AvgIpc) is 2.27. The van der Waals surface area contributed by atoms with Crippen LogP contribution in [0, 0.1) is 0 Å². The Morgan fingerprint density at radius 1 is 0.842 bits per heavy atom. The number of allylic oxidation sites excluding steroid dienone is 6. The Bertz CT molecular complexity index is 315. The minimum absolute atomic E-state index is 0.179. The molecule has 0 spiro atoms. The van der Waals surface area contributed by atoms with Crippen molar-refractivity contribution in [2.75, 3.05) is 0 Å². The Hall–Kier alpha value is -0.820. The van der Waals surface area contributed by atoms with Gasteiger partial charge in [-0.1, -0.05) is 34.9 Å². The highest BCUT2D eigenvalue weighted by atomic mass is 16.3. The monoisotopic (exact) mass is 264 g/mol. The lowest BCUT2D eigenvalue weighted by molar-refractivity contribution is 0.186. The third-order valence-electron chi connectivity index (χ3n) is 3.20. The molecular formula is C18H32O. The predicted octanol–water partition coefficient (Wildman–Crippen LogP) is 5.57. The van der Waals surface area contributed by atoms with Crippen LogP contribution in [0.25, 0.3) is 0 Å². The number of rotatable bonds is 9. The van der Waals surface area contributed by atoms with Crippen LogP contribution < -0.4 is 0 Å². The van der Waals surface area contributed by atoms with E-state index in [1.165, 1.54) is 23.1 Å². The molecule has 110 valence electrons. The van der Waals surface area contributed by atoms with Gasteiger partial charge in [-0.3, -0.25) is 0 Å². The number of hydrogen-bond acceptors (Lipinski definition) is 1. The molecule has 0 aromatic rings. The van der Waals surface area contributed by atoms with Crippen molar-refractivity contribution < 1.29 is 5.11 Å². The lowest BCUT2D eigenvalue weighted by Gasteiger charge is -2.03. The van der Waals surface area contributed by atoms with Gasteiger partial charge in [0.15, 0.2) is 0 Å². The molecule has 0 aromatic carbocycles. The lowest BCUT2D eigenvalue weighted by Crippen LogP contribution is -1.97. The molecule has 1 heteroatoms. The first-order valence-corrected chi connectivity index (χ1v) is 7.54. The van der Waals surface area contributed by atoms with Crippen LogP contribution in [-0.2, 0) is 0 Å². The van der Waals surface area contributed by atoms with Crippen LogP contribution in [0.5, 0.6) is 0 Å². The van der Waals surface area contributed by atoms with Gasteiger partial charge >= 0.3 is 0 Å². The first-order chi connectivity index (χ1) is 8.91. The van der Waals surface area contributed by atoms with E-state index in [1.54, 1.807) is 0 Å². The van der Waals surface area contributed by atoms with Gasteiger partial charge in [0.1, 0.15) is 0 Å². The SMILES string of the molecule is CC(C)=CCCC(C)=CCCC(C)=CCCC(C)O. The van der Waals surface area contributed by atoms with Crippen molar-refractivity contribution in [1.82, 2.24) is 0 Å². The van der Waals surface area contributed by atoms with Crippen molar-refractivity contribution >= 4 is 0 Å². The summed E-state index contributed by atoms with van der Waals surface area (Å²) in [5, 5.41) is 9.19. The van der Waals surface area contributed by atoms with Crippen LogP contribution in [0.15, 0.2) is 34.9 Å². The van der Waals surface area contributed by atoms with Crippen molar-refractivity contribution in [3.8, 4) is 0 Å². The summed E-state index contributed by atoms with van der Waals surface area (Å²) in [4.78, 5) is 0. The first kappa shape index (κ1) is 18.2. The van der Waals surface area contributed by atoms with Crippen molar-refractivity contribution in [1.29, 1.82) is 0 Å². The Labute approximate surface area is 120 Å². The highest BCUT2D eigenvalue weighted by molar-refractivity contribution is 5.05. The van der Waals surface area contributed by atoms with Crippen molar-refractivity contribution in [3.63, 3.8) is 0 Å². The lowest BCUT2D eigenvalue weighted by atomic mass is 10.1. The summed E-state index contributed by atoms with van der Waals surface area (Å²) in [5.74, 6) is 0. The smallest absolute Gasteiger partial charge is 0.0515 e. The standard InChI is InChI=1S/C18H32O/c1-15(2)9-6-10-16(3)11-7-12-17(4)13-8-14-18(5)19/h9,11,13,18-19H,6-8,10,12,14H2,1-5H3. The zero-order valence-corrected chi connectivity index (χ0v) is 13.5. The Kier molecular flexibility index (Phi) is 10.6. The molecule has 0 bridgehead atoms. The molecule has 0 aliphatic rings. The Morgan fingerprint density at radius 3 is 1.79 bits per heavy atom. The van der Waals surface area contributed by atoms with E-state index in [9.17, 15) is 5.11 Å². The average molecular weight is 264 g/mol. The summed E-state index contributed by atoms with van der Waals surface area (Å²) in [7, 11) is 0. The summed E-state index contributed by atoms with van der Waals surface area (Å²) >= 11 is 0. The topological polar surface area (TPSA) is 20.2 Å². The Morgan fingerprint density at radius 2 is 1.32 bits per heavy atom. The highest BCUT2D eigenvalue weighted by Crippen LogP contribution is 2.12. The quantitative estimate of drug-likeness (QED) is 0.540. The molecule has 1 nitrogen and oxygen atoms in total. The summed E-state index contributed by atoms with van der Waals surface area (Å²) in [6, 6.07) is 0. The molecule has 0 aromatic heterocycles. The second kappa shape index (κ2) is 11.0. The van der Waals surface area contributed by atoms with E-state index in [0.717, 1.165) is 32.1 Å². The number of aliphatic hydroxyl groups is 1. The molecule has 0 radical (unpaired) electrons. The molecule has 1 atom stereocenters. The molecule has 1 N–H and O–H groups in total. The van der Waals surface area contributed by atoms with Gasteiger partial charge in [0.2, 0.25) is 0 Å². The van der Waals surface area contributed by atoms with Gasteiger partial charge in [0.25, 0.3) is 0 Å². The minimum Gasteiger partial charge on any atom is -0.393 e. The first-order valence-electron chi connectivity index (χ1n) is 7.54. The molecule has 0 rings (SSSR count). The molecule has 1 unspecified atom stereocenters. The molecule has 0 amide bonds. The summed E-state index contributed by atoms with van der Waals surface area (Å²) in [6.45, 7) is 10.6. The second-order valence-corrected chi connectivity index (χ2v) is 5.89. The van der Waals surface area contributed by atoms with Gasteiger partial charge < -0.3 is 5.11 Å². The van der Waals surface area contributed by atoms with Crippen molar-refractivity contribution in [2.24, 2.45) is 0 Å².